The van der Waals surface area contributed by atoms with Gasteiger partial charge in [0.05, 0.1) is 24.6 Å². The first-order chi connectivity index (χ1) is 15.2. The van der Waals surface area contributed by atoms with Crippen LogP contribution < -0.4 is 5.56 Å². The second kappa shape index (κ2) is 11.4. The molecule has 2 heterocycles. The zero-order chi connectivity index (χ0) is 23.3. The SMILES string of the molecule is CC(C)COC[C@H](O)CN(Cc1nc2scc(-c3ccccc3Cl)c2c(=O)[nH]1)CC(C)C. The molecular weight excluding hydrogens is 446 g/mol. The van der Waals surface area contributed by atoms with Crippen molar-refractivity contribution in [3.05, 3.63) is 50.8 Å². The van der Waals surface area contributed by atoms with Crippen LogP contribution >= 0.6 is 22.9 Å². The van der Waals surface area contributed by atoms with Gasteiger partial charge in [-0.05, 0) is 17.9 Å². The summed E-state index contributed by atoms with van der Waals surface area (Å²) in [7, 11) is 0. The summed E-state index contributed by atoms with van der Waals surface area (Å²) in [5.74, 6) is 1.42. The zero-order valence-electron chi connectivity index (χ0n) is 19.1. The molecule has 3 rings (SSSR count). The number of H-pyrrole nitrogens is 1. The number of fused-ring (bicyclic) bond motifs is 1. The predicted octanol–water partition coefficient (Wildman–Crippen LogP) is 4.80. The third kappa shape index (κ3) is 6.62. The fourth-order valence-corrected chi connectivity index (χ4v) is 4.86. The van der Waals surface area contributed by atoms with Crippen molar-refractivity contribution in [1.82, 2.24) is 14.9 Å². The summed E-state index contributed by atoms with van der Waals surface area (Å²) >= 11 is 7.79. The second-order valence-corrected chi connectivity index (χ2v) is 10.3. The molecule has 0 unspecified atom stereocenters. The number of aliphatic hydroxyl groups excluding tert-OH is 1. The summed E-state index contributed by atoms with van der Waals surface area (Å²) < 4.78 is 5.58. The van der Waals surface area contributed by atoms with Crippen LogP contribution in [0.3, 0.4) is 0 Å². The van der Waals surface area contributed by atoms with Crippen LogP contribution in [0.25, 0.3) is 21.3 Å². The van der Waals surface area contributed by atoms with Gasteiger partial charge in [0.15, 0.2) is 0 Å². The van der Waals surface area contributed by atoms with Crippen molar-refractivity contribution >= 4 is 33.2 Å². The van der Waals surface area contributed by atoms with Crippen LogP contribution in [-0.2, 0) is 11.3 Å². The van der Waals surface area contributed by atoms with Crippen LogP contribution in [-0.4, -0.2) is 52.4 Å². The molecule has 1 aromatic carbocycles. The Labute approximate surface area is 198 Å². The highest BCUT2D eigenvalue weighted by molar-refractivity contribution is 7.17. The molecule has 0 aliphatic heterocycles. The monoisotopic (exact) mass is 477 g/mol. The van der Waals surface area contributed by atoms with Crippen LogP contribution in [0.4, 0.5) is 0 Å². The summed E-state index contributed by atoms with van der Waals surface area (Å²) in [4.78, 5) is 23.4. The van der Waals surface area contributed by atoms with Crippen molar-refractivity contribution < 1.29 is 9.84 Å². The van der Waals surface area contributed by atoms with Crippen molar-refractivity contribution in [2.24, 2.45) is 11.8 Å². The Hall–Kier alpha value is -1.77. The predicted molar refractivity (Wildman–Crippen MR) is 132 cm³/mol. The number of aromatic amines is 1. The van der Waals surface area contributed by atoms with Crippen LogP contribution in [0.15, 0.2) is 34.4 Å². The van der Waals surface area contributed by atoms with E-state index < -0.39 is 6.10 Å². The molecule has 32 heavy (non-hydrogen) atoms. The van der Waals surface area contributed by atoms with Gasteiger partial charge in [-0.2, -0.15) is 0 Å². The molecule has 0 bridgehead atoms. The molecule has 6 nitrogen and oxygen atoms in total. The van der Waals surface area contributed by atoms with Gasteiger partial charge < -0.3 is 14.8 Å². The van der Waals surface area contributed by atoms with E-state index in [9.17, 15) is 9.90 Å². The highest BCUT2D eigenvalue weighted by Crippen LogP contribution is 2.34. The number of rotatable bonds is 11. The van der Waals surface area contributed by atoms with E-state index in [1.54, 1.807) is 0 Å². The molecule has 174 valence electrons. The molecule has 3 aromatic rings. The van der Waals surface area contributed by atoms with Gasteiger partial charge in [-0.25, -0.2) is 4.98 Å². The van der Waals surface area contributed by atoms with E-state index in [4.69, 9.17) is 21.3 Å². The Balaban J connectivity index is 1.79. The minimum atomic E-state index is -0.600. The van der Waals surface area contributed by atoms with Crippen molar-refractivity contribution in [1.29, 1.82) is 0 Å². The fourth-order valence-electron chi connectivity index (χ4n) is 3.67. The first-order valence-electron chi connectivity index (χ1n) is 11.0. The Bertz CT molecular complexity index is 1080. The van der Waals surface area contributed by atoms with E-state index in [1.807, 2.05) is 29.6 Å². The average molecular weight is 478 g/mol. The molecule has 2 N–H and O–H groups in total. The minimum absolute atomic E-state index is 0.175. The van der Waals surface area contributed by atoms with Crippen LogP contribution in [0.2, 0.25) is 5.02 Å². The van der Waals surface area contributed by atoms with Crippen molar-refractivity contribution in [3.63, 3.8) is 0 Å². The highest BCUT2D eigenvalue weighted by Gasteiger charge is 2.18. The topological polar surface area (TPSA) is 78.5 Å². The molecule has 0 saturated heterocycles. The van der Waals surface area contributed by atoms with Gasteiger partial charge >= 0.3 is 0 Å². The molecule has 0 spiro atoms. The number of hydrogen-bond acceptors (Lipinski definition) is 6. The Morgan fingerprint density at radius 1 is 1.12 bits per heavy atom. The number of hydrogen-bond donors (Lipinski definition) is 2. The van der Waals surface area contributed by atoms with E-state index in [0.717, 1.165) is 17.7 Å². The molecule has 8 heteroatoms. The van der Waals surface area contributed by atoms with E-state index >= 15 is 0 Å². The second-order valence-electron chi connectivity index (χ2n) is 9.00. The zero-order valence-corrected chi connectivity index (χ0v) is 20.7. The molecule has 0 saturated carbocycles. The maximum absolute atomic E-state index is 13.0. The van der Waals surface area contributed by atoms with E-state index in [1.165, 1.54) is 11.3 Å². The van der Waals surface area contributed by atoms with Crippen LogP contribution in [0.5, 0.6) is 0 Å². The lowest BCUT2D eigenvalue weighted by molar-refractivity contribution is 0.00485. The smallest absolute Gasteiger partial charge is 0.260 e. The maximum atomic E-state index is 13.0. The summed E-state index contributed by atoms with van der Waals surface area (Å²) in [6.07, 6.45) is -0.600. The van der Waals surface area contributed by atoms with Gasteiger partial charge in [-0.1, -0.05) is 57.5 Å². The summed E-state index contributed by atoms with van der Waals surface area (Å²) in [5, 5.41) is 13.5. The number of halogens is 1. The van der Waals surface area contributed by atoms with Gasteiger partial charge in [0.2, 0.25) is 0 Å². The number of nitrogens with one attached hydrogen (secondary N) is 1. The Kier molecular flexibility index (Phi) is 8.85. The minimum Gasteiger partial charge on any atom is -0.389 e. The molecule has 2 aromatic heterocycles. The lowest BCUT2D eigenvalue weighted by Crippen LogP contribution is -2.37. The summed E-state index contributed by atoms with van der Waals surface area (Å²) in [6, 6.07) is 7.49. The van der Waals surface area contributed by atoms with Gasteiger partial charge in [-0.3, -0.25) is 9.69 Å². The fraction of sp³-hybridized carbons (Fsp3) is 0.500. The first kappa shape index (κ1) is 24.9. The number of benzene rings is 1. The molecular formula is C24H32ClN3O3S. The van der Waals surface area contributed by atoms with Crippen molar-refractivity contribution in [2.75, 3.05) is 26.3 Å². The molecule has 0 aliphatic carbocycles. The molecule has 0 fully saturated rings. The number of thiophene rings is 1. The van der Waals surface area contributed by atoms with Crippen LogP contribution in [0, 0.1) is 11.8 Å². The van der Waals surface area contributed by atoms with Crippen LogP contribution in [0.1, 0.15) is 33.5 Å². The number of aliphatic hydroxyl groups is 1. The summed E-state index contributed by atoms with van der Waals surface area (Å²) in [5.41, 5.74) is 1.45. The van der Waals surface area contributed by atoms with Gasteiger partial charge in [0.1, 0.15) is 10.7 Å². The summed E-state index contributed by atoms with van der Waals surface area (Å²) in [6.45, 7) is 11.0. The maximum Gasteiger partial charge on any atom is 0.260 e. The Morgan fingerprint density at radius 3 is 2.56 bits per heavy atom. The average Bonchev–Trinajstić information content (AvgIpc) is 3.11. The molecule has 0 amide bonds. The van der Waals surface area contributed by atoms with Gasteiger partial charge in [-0.15, -0.1) is 11.3 Å². The lowest BCUT2D eigenvalue weighted by Gasteiger charge is -2.26. The Morgan fingerprint density at radius 2 is 1.88 bits per heavy atom. The molecule has 1 atom stereocenters. The van der Waals surface area contributed by atoms with Gasteiger partial charge in [0.25, 0.3) is 5.56 Å². The number of aromatic nitrogens is 2. The standard InChI is InChI=1S/C24H32ClN3O3S/c1-15(2)9-28(10-17(29)13-31-12-16(3)4)11-21-26-23(30)22-19(14-32-24(22)27-21)18-7-5-6-8-20(18)25/h5-8,14-17,29H,9-13H2,1-4H3,(H,26,27,30)/t17-/m1/s1. The van der Waals surface area contributed by atoms with E-state index in [0.29, 0.717) is 59.2 Å². The number of nitrogens with zero attached hydrogens (tertiary/aromatic N) is 2. The normalized spacial score (nSPS) is 13.0. The van der Waals surface area contributed by atoms with Gasteiger partial charge in [0, 0.05) is 41.2 Å². The quantitative estimate of drug-likeness (QED) is 0.415. The number of ether oxygens (including phenoxy) is 1. The largest absolute Gasteiger partial charge is 0.389 e. The highest BCUT2D eigenvalue weighted by atomic mass is 35.5. The first-order valence-corrected chi connectivity index (χ1v) is 12.2. The molecule has 0 aliphatic rings. The van der Waals surface area contributed by atoms with Crippen molar-refractivity contribution in [2.45, 2.75) is 40.3 Å². The van der Waals surface area contributed by atoms with E-state index in [2.05, 4.69) is 37.6 Å². The van der Waals surface area contributed by atoms with Crippen molar-refractivity contribution in [3.8, 4) is 11.1 Å². The molecule has 0 radical (unpaired) electrons. The third-order valence-corrected chi connectivity index (χ3v) is 6.09. The lowest BCUT2D eigenvalue weighted by atomic mass is 10.1. The third-order valence-electron chi connectivity index (χ3n) is 4.88. The van der Waals surface area contributed by atoms with E-state index in [-0.39, 0.29) is 5.56 Å².